The minimum absolute atomic E-state index is 0.910. The second-order valence-electron chi connectivity index (χ2n) is 6.10. The van der Waals surface area contributed by atoms with E-state index in [0.717, 1.165) is 35.5 Å². The maximum atomic E-state index is 2.49. The highest BCUT2D eigenvalue weighted by Crippen LogP contribution is 2.47. The molecule has 15 heavy (non-hydrogen) atoms. The zero-order chi connectivity index (χ0) is 11.6. The van der Waals surface area contributed by atoms with Crippen molar-refractivity contribution in [2.24, 2.45) is 35.5 Å². The number of hydrogen-bond acceptors (Lipinski definition) is 0. The van der Waals surface area contributed by atoms with Crippen LogP contribution in [0.4, 0.5) is 0 Å². The molecule has 0 amide bonds. The van der Waals surface area contributed by atoms with Gasteiger partial charge in [-0.2, -0.15) is 0 Å². The number of rotatable bonds is 3. The minimum Gasteiger partial charge on any atom is -0.0654 e. The van der Waals surface area contributed by atoms with Crippen molar-refractivity contribution in [2.45, 2.75) is 60.8 Å². The smallest absolute Gasteiger partial charge is 0.0357 e. The molecule has 0 nitrogen and oxygen atoms in total. The Morgan fingerprint density at radius 3 is 1.47 bits per heavy atom. The summed E-state index contributed by atoms with van der Waals surface area (Å²) >= 11 is 0. The molecule has 0 aromatic carbocycles. The summed E-state index contributed by atoms with van der Waals surface area (Å²) in [6.45, 7) is 14.7. The fourth-order valence-electron chi connectivity index (χ4n) is 3.66. The summed E-state index contributed by atoms with van der Waals surface area (Å²) < 4.78 is 0. The summed E-state index contributed by atoms with van der Waals surface area (Å²) in [5, 5.41) is 0. The lowest BCUT2D eigenvalue weighted by molar-refractivity contribution is 0.0151. The fraction of sp³-hybridized carbons (Fsp3) is 1.00. The van der Waals surface area contributed by atoms with Gasteiger partial charge in [0.1, 0.15) is 0 Å². The molecule has 0 heterocycles. The predicted octanol–water partition coefficient (Wildman–Crippen LogP) is 4.99. The minimum atomic E-state index is 0.910. The van der Waals surface area contributed by atoms with Gasteiger partial charge in [0, 0.05) is 0 Å². The van der Waals surface area contributed by atoms with Crippen molar-refractivity contribution in [1.29, 1.82) is 0 Å². The highest BCUT2D eigenvalue weighted by atomic mass is 14.4. The van der Waals surface area contributed by atoms with Gasteiger partial charge in [-0.25, -0.2) is 0 Å². The maximum Gasteiger partial charge on any atom is -0.0357 e. The molecular formula is C15H30. The molecule has 0 saturated heterocycles. The molecule has 1 rings (SSSR count). The summed E-state index contributed by atoms with van der Waals surface area (Å²) in [7, 11) is 0. The monoisotopic (exact) mass is 210 g/mol. The zero-order valence-corrected chi connectivity index (χ0v) is 11.6. The lowest BCUT2D eigenvalue weighted by Gasteiger charge is -2.47. The summed E-state index contributed by atoms with van der Waals surface area (Å²) in [5.74, 6) is 5.57. The van der Waals surface area contributed by atoms with Crippen molar-refractivity contribution in [2.75, 3.05) is 0 Å². The average Bonchev–Trinajstić information content (AvgIpc) is 2.24. The van der Waals surface area contributed by atoms with Crippen LogP contribution in [0.3, 0.4) is 0 Å². The summed E-state index contributed by atoms with van der Waals surface area (Å²) in [6.07, 6.45) is 4.24. The topological polar surface area (TPSA) is 0 Å². The Morgan fingerprint density at radius 2 is 1.07 bits per heavy atom. The van der Waals surface area contributed by atoms with E-state index in [1.807, 2.05) is 0 Å². The lowest BCUT2D eigenvalue weighted by atomic mass is 9.58. The van der Waals surface area contributed by atoms with Crippen LogP contribution in [-0.4, -0.2) is 0 Å². The van der Waals surface area contributed by atoms with E-state index in [4.69, 9.17) is 0 Å². The van der Waals surface area contributed by atoms with E-state index in [-0.39, 0.29) is 0 Å². The van der Waals surface area contributed by atoms with E-state index in [9.17, 15) is 0 Å². The van der Waals surface area contributed by atoms with Crippen LogP contribution in [0, 0.1) is 35.5 Å². The summed E-state index contributed by atoms with van der Waals surface area (Å²) in [4.78, 5) is 0. The van der Waals surface area contributed by atoms with Gasteiger partial charge in [0.15, 0.2) is 0 Å². The molecule has 1 fully saturated rings. The van der Waals surface area contributed by atoms with Crippen molar-refractivity contribution in [3.63, 3.8) is 0 Å². The van der Waals surface area contributed by atoms with Gasteiger partial charge in [-0.05, 0) is 41.9 Å². The standard InChI is InChI=1S/C15H30/c1-7-8-9-15-13(5)11(3)10(2)12(4)14(15)6/h10-15H,7-9H2,1-6H3. The van der Waals surface area contributed by atoms with E-state index in [1.165, 1.54) is 19.3 Å². The van der Waals surface area contributed by atoms with Gasteiger partial charge in [-0.15, -0.1) is 0 Å². The second-order valence-corrected chi connectivity index (χ2v) is 6.10. The van der Waals surface area contributed by atoms with Crippen LogP contribution < -0.4 is 0 Å². The molecule has 4 atom stereocenters. The molecule has 0 aromatic heterocycles. The molecule has 0 bridgehead atoms. The SMILES string of the molecule is CCCCC1C(C)C(C)C(C)C(C)C1C. The fourth-order valence-corrected chi connectivity index (χ4v) is 3.66. The summed E-state index contributed by atoms with van der Waals surface area (Å²) in [5.41, 5.74) is 0. The molecule has 4 unspecified atom stereocenters. The van der Waals surface area contributed by atoms with Gasteiger partial charge in [-0.3, -0.25) is 0 Å². The van der Waals surface area contributed by atoms with Crippen LogP contribution in [0.15, 0.2) is 0 Å². The van der Waals surface area contributed by atoms with Crippen molar-refractivity contribution in [3.05, 3.63) is 0 Å². The number of unbranched alkanes of at least 4 members (excludes halogenated alkanes) is 1. The summed E-state index contributed by atoms with van der Waals surface area (Å²) in [6, 6.07) is 0. The van der Waals surface area contributed by atoms with Gasteiger partial charge < -0.3 is 0 Å². The van der Waals surface area contributed by atoms with Gasteiger partial charge in [-0.1, -0.05) is 54.4 Å². The Labute approximate surface area is 96.8 Å². The molecular weight excluding hydrogens is 180 g/mol. The van der Waals surface area contributed by atoms with Gasteiger partial charge in [0.25, 0.3) is 0 Å². The average molecular weight is 210 g/mol. The van der Waals surface area contributed by atoms with Crippen LogP contribution in [0.1, 0.15) is 60.8 Å². The first-order chi connectivity index (χ1) is 7.00. The van der Waals surface area contributed by atoms with Crippen molar-refractivity contribution in [3.8, 4) is 0 Å². The zero-order valence-electron chi connectivity index (χ0n) is 11.6. The Hall–Kier alpha value is 0. The van der Waals surface area contributed by atoms with Crippen molar-refractivity contribution >= 4 is 0 Å². The largest absolute Gasteiger partial charge is 0.0654 e. The highest BCUT2D eigenvalue weighted by Gasteiger charge is 2.40. The van der Waals surface area contributed by atoms with Crippen molar-refractivity contribution < 1.29 is 0 Å². The van der Waals surface area contributed by atoms with Gasteiger partial charge in [0.05, 0.1) is 0 Å². The van der Waals surface area contributed by atoms with E-state index >= 15 is 0 Å². The van der Waals surface area contributed by atoms with Gasteiger partial charge >= 0.3 is 0 Å². The Kier molecular flexibility index (Phi) is 4.67. The molecule has 1 aliphatic carbocycles. The molecule has 0 N–H and O–H groups in total. The molecule has 1 aliphatic rings. The van der Waals surface area contributed by atoms with E-state index in [2.05, 4.69) is 41.5 Å². The second kappa shape index (κ2) is 5.37. The Balaban J connectivity index is 2.68. The van der Waals surface area contributed by atoms with Crippen LogP contribution >= 0.6 is 0 Å². The normalized spacial score (nSPS) is 46.8. The van der Waals surface area contributed by atoms with Crippen molar-refractivity contribution in [1.82, 2.24) is 0 Å². The third-order valence-corrected chi connectivity index (χ3v) is 5.56. The van der Waals surface area contributed by atoms with Gasteiger partial charge in [0.2, 0.25) is 0 Å². The molecule has 90 valence electrons. The highest BCUT2D eigenvalue weighted by molar-refractivity contribution is 4.88. The van der Waals surface area contributed by atoms with Crippen LogP contribution in [0.25, 0.3) is 0 Å². The molecule has 0 aromatic rings. The van der Waals surface area contributed by atoms with Crippen LogP contribution in [0.5, 0.6) is 0 Å². The molecule has 0 aliphatic heterocycles. The Morgan fingerprint density at radius 1 is 0.667 bits per heavy atom. The van der Waals surface area contributed by atoms with E-state index in [1.54, 1.807) is 0 Å². The number of hydrogen-bond donors (Lipinski definition) is 0. The molecule has 0 spiro atoms. The molecule has 0 heteroatoms. The maximum absolute atomic E-state index is 2.49. The van der Waals surface area contributed by atoms with Crippen LogP contribution in [0.2, 0.25) is 0 Å². The third kappa shape index (κ3) is 2.57. The van der Waals surface area contributed by atoms with E-state index in [0.29, 0.717) is 0 Å². The first-order valence-corrected chi connectivity index (χ1v) is 7.00. The van der Waals surface area contributed by atoms with Crippen LogP contribution in [-0.2, 0) is 0 Å². The van der Waals surface area contributed by atoms with E-state index < -0.39 is 0 Å². The molecule has 0 radical (unpaired) electrons. The quantitative estimate of drug-likeness (QED) is 0.616. The Bertz CT molecular complexity index is 168. The first-order valence-electron chi connectivity index (χ1n) is 7.00. The lowest BCUT2D eigenvalue weighted by Crippen LogP contribution is -2.41. The first kappa shape index (κ1) is 13.1. The third-order valence-electron chi connectivity index (χ3n) is 5.56. The predicted molar refractivity (Wildman–Crippen MR) is 68.8 cm³/mol. The molecule has 1 saturated carbocycles.